The van der Waals surface area contributed by atoms with Crippen molar-refractivity contribution in [2.24, 2.45) is 5.92 Å². The van der Waals surface area contributed by atoms with E-state index in [4.69, 9.17) is 30.5 Å². The van der Waals surface area contributed by atoms with E-state index < -0.39 is 0 Å². The Morgan fingerprint density at radius 3 is 2.83 bits per heavy atom. The molecule has 0 aromatic heterocycles. The van der Waals surface area contributed by atoms with Gasteiger partial charge in [0.05, 0.1) is 38.3 Å². The van der Waals surface area contributed by atoms with E-state index in [1.165, 1.54) is 0 Å². The number of carbonyl (C=O) groups excluding carboxylic acids is 1. The summed E-state index contributed by atoms with van der Waals surface area (Å²) in [5.74, 6) is 2.12. The smallest absolute Gasteiger partial charge is 0.225 e. The summed E-state index contributed by atoms with van der Waals surface area (Å²) >= 11 is 6.52. The van der Waals surface area contributed by atoms with Crippen LogP contribution in [0.15, 0.2) is 30.3 Å². The molecule has 1 N–H and O–H groups in total. The lowest BCUT2D eigenvalue weighted by Crippen LogP contribution is -2.38. The fourth-order valence-electron chi connectivity index (χ4n) is 3.80. The van der Waals surface area contributed by atoms with Gasteiger partial charge in [-0.2, -0.15) is 0 Å². The first-order valence-corrected chi connectivity index (χ1v) is 10.0. The Hall–Kier alpha value is -2.44. The fourth-order valence-corrected chi connectivity index (χ4v) is 4.08. The van der Waals surface area contributed by atoms with Crippen molar-refractivity contribution in [3.8, 4) is 28.4 Å². The topological polar surface area (TPSA) is 66.0 Å². The summed E-state index contributed by atoms with van der Waals surface area (Å²) < 4.78 is 22.1. The van der Waals surface area contributed by atoms with E-state index in [9.17, 15) is 4.79 Å². The molecule has 0 aliphatic carbocycles. The Balaban J connectivity index is 1.50. The molecule has 29 heavy (non-hydrogen) atoms. The Kier molecular flexibility index (Phi) is 5.83. The zero-order chi connectivity index (χ0) is 20.4. The molecule has 2 aromatic rings. The number of ether oxygens (including phenoxy) is 4. The number of benzene rings is 2. The van der Waals surface area contributed by atoms with E-state index >= 15 is 0 Å². The van der Waals surface area contributed by atoms with Gasteiger partial charge in [0.2, 0.25) is 5.91 Å². The van der Waals surface area contributed by atoms with Crippen LogP contribution in [0.25, 0.3) is 11.1 Å². The molecule has 1 amide bonds. The summed E-state index contributed by atoms with van der Waals surface area (Å²) in [6.07, 6.45) is 1.31. The highest BCUT2D eigenvalue weighted by Gasteiger charge is 2.29. The third-order valence-electron chi connectivity index (χ3n) is 5.37. The van der Waals surface area contributed by atoms with Crippen molar-refractivity contribution in [1.82, 2.24) is 5.32 Å². The molecule has 2 aliphatic heterocycles. The lowest BCUT2D eigenvalue weighted by atomic mass is 9.99. The molecule has 2 aromatic carbocycles. The zero-order valence-electron chi connectivity index (χ0n) is 16.5. The van der Waals surface area contributed by atoms with Crippen LogP contribution in [0.4, 0.5) is 0 Å². The van der Waals surface area contributed by atoms with Crippen LogP contribution in [0.1, 0.15) is 12.0 Å². The SMILES string of the molecule is COc1ccc(OC)c(-c2cc(Cl)c3c(c2)C[C@H](CNC(=O)[C@@H]2CCOC2)O3)c1. The highest BCUT2D eigenvalue weighted by molar-refractivity contribution is 6.32. The van der Waals surface area contributed by atoms with E-state index in [1.807, 2.05) is 24.3 Å². The number of halogens is 1. The fraction of sp³-hybridized carbons (Fsp3) is 0.409. The summed E-state index contributed by atoms with van der Waals surface area (Å²) in [6, 6.07) is 9.58. The number of carbonyl (C=O) groups is 1. The third-order valence-corrected chi connectivity index (χ3v) is 5.66. The average Bonchev–Trinajstić information content (AvgIpc) is 3.41. The minimum Gasteiger partial charge on any atom is -0.497 e. The van der Waals surface area contributed by atoms with Gasteiger partial charge >= 0.3 is 0 Å². The third kappa shape index (κ3) is 4.14. The number of fused-ring (bicyclic) bond motifs is 1. The van der Waals surface area contributed by atoms with Crippen LogP contribution in [0.5, 0.6) is 17.2 Å². The van der Waals surface area contributed by atoms with E-state index in [0.29, 0.717) is 37.0 Å². The second-order valence-electron chi connectivity index (χ2n) is 7.26. The van der Waals surface area contributed by atoms with Crippen molar-refractivity contribution < 1.29 is 23.7 Å². The number of hydrogen-bond donors (Lipinski definition) is 1. The standard InChI is InChI=1S/C22H24ClNO5/c1-26-16-3-4-20(27-2)18(10-16)14-7-15-8-17(29-21(15)19(23)9-14)11-24-22(25)13-5-6-28-12-13/h3-4,7,9-10,13,17H,5-6,8,11-12H2,1-2H3,(H,24,25)/t13-,17-/m1/s1. The minimum atomic E-state index is -0.142. The van der Waals surface area contributed by atoms with Crippen LogP contribution in [-0.2, 0) is 16.0 Å². The molecular formula is C22H24ClNO5. The van der Waals surface area contributed by atoms with Gasteiger partial charge in [-0.1, -0.05) is 11.6 Å². The number of methoxy groups -OCH3 is 2. The highest BCUT2D eigenvalue weighted by atomic mass is 35.5. The maximum Gasteiger partial charge on any atom is 0.225 e. The van der Waals surface area contributed by atoms with Gasteiger partial charge in [-0.25, -0.2) is 0 Å². The van der Waals surface area contributed by atoms with Gasteiger partial charge in [-0.05, 0) is 42.3 Å². The molecule has 1 fully saturated rings. The predicted octanol–water partition coefficient (Wildman–Crippen LogP) is 3.48. The van der Waals surface area contributed by atoms with Crippen molar-refractivity contribution in [1.29, 1.82) is 0 Å². The summed E-state index contributed by atoms with van der Waals surface area (Å²) in [5.41, 5.74) is 2.84. The largest absolute Gasteiger partial charge is 0.497 e. The Labute approximate surface area is 175 Å². The quantitative estimate of drug-likeness (QED) is 0.779. The molecule has 6 nitrogen and oxygen atoms in total. The Morgan fingerprint density at radius 2 is 2.10 bits per heavy atom. The molecule has 0 saturated carbocycles. The molecule has 2 aliphatic rings. The van der Waals surface area contributed by atoms with E-state index in [1.54, 1.807) is 14.2 Å². The van der Waals surface area contributed by atoms with Gasteiger partial charge in [0.15, 0.2) is 0 Å². The molecule has 154 valence electrons. The van der Waals surface area contributed by atoms with Gasteiger partial charge in [0.1, 0.15) is 23.4 Å². The zero-order valence-corrected chi connectivity index (χ0v) is 17.3. The molecule has 0 bridgehead atoms. The molecule has 2 heterocycles. The van der Waals surface area contributed by atoms with Crippen molar-refractivity contribution in [3.63, 3.8) is 0 Å². The molecule has 2 atom stereocenters. The van der Waals surface area contributed by atoms with E-state index in [-0.39, 0.29) is 17.9 Å². The molecular weight excluding hydrogens is 394 g/mol. The molecule has 0 spiro atoms. The molecule has 0 radical (unpaired) electrons. The maximum absolute atomic E-state index is 12.2. The van der Waals surface area contributed by atoms with Crippen molar-refractivity contribution in [2.75, 3.05) is 34.0 Å². The first-order valence-electron chi connectivity index (χ1n) is 9.66. The molecule has 7 heteroatoms. The second-order valence-corrected chi connectivity index (χ2v) is 7.67. The van der Waals surface area contributed by atoms with Crippen LogP contribution in [0.2, 0.25) is 5.02 Å². The van der Waals surface area contributed by atoms with Crippen LogP contribution in [0.3, 0.4) is 0 Å². The second kappa shape index (κ2) is 8.51. The monoisotopic (exact) mass is 417 g/mol. The van der Waals surface area contributed by atoms with Gasteiger partial charge in [-0.15, -0.1) is 0 Å². The first-order chi connectivity index (χ1) is 14.1. The Morgan fingerprint density at radius 1 is 1.24 bits per heavy atom. The number of hydrogen-bond acceptors (Lipinski definition) is 5. The number of rotatable bonds is 6. The summed E-state index contributed by atoms with van der Waals surface area (Å²) in [5, 5.41) is 3.52. The maximum atomic E-state index is 12.2. The van der Waals surface area contributed by atoms with Crippen molar-refractivity contribution in [2.45, 2.75) is 18.9 Å². The number of nitrogens with one attached hydrogen (secondary N) is 1. The average molecular weight is 418 g/mol. The first kappa shape index (κ1) is 19.9. The van der Waals surface area contributed by atoms with Crippen molar-refractivity contribution >= 4 is 17.5 Å². The lowest BCUT2D eigenvalue weighted by Gasteiger charge is -2.14. The molecule has 4 rings (SSSR count). The van der Waals surface area contributed by atoms with Crippen LogP contribution in [0, 0.1) is 5.92 Å². The molecule has 1 saturated heterocycles. The summed E-state index contributed by atoms with van der Waals surface area (Å²) in [6.45, 7) is 1.59. The van der Waals surface area contributed by atoms with Crippen LogP contribution >= 0.6 is 11.6 Å². The normalized spacial score (nSPS) is 20.1. The van der Waals surface area contributed by atoms with Gasteiger partial charge in [0, 0.05) is 24.2 Å². The minimum absolute atomic E-state index is 0.0231. The van der Waals surface area contributed by atoms with Gasteiger partial charge in [0.25, 0.3) is 0 Å². The Bertz CT molecular complexity index is 910. The number of amides is 1. The summed E-state index contributed by atoms with van der Waals surface area (Å²) in [7, 11) is 3.27. The van der Waals surface area contributed by atoms with E-state index in [2.05, 4.69) is 11.4 Å². The van der Waals surface area contributed by atoms with E-state index in [0.717, 1.165) is 34.6 Å². The highest BCUT2D eigenvalue weighted by Crippen LogP contribution is 2.42. The lowest BCUT2D eigenvalue weighted by molar-refractivity contribution is -0.125. The van der Waals surface area contributed by atoms with Gasteiger partial charge < -0.3 is 24.3 Å². The van der Waals surface area contributed by atoms with Gasteiger partial charge in [-0.3, -0.25) is 4.79 Å². The molecule has 0 unspecified atom stereocenters. The van der Waals surface area contributed by atoms with Crippen LogP contribution in [-0.4, -0.2) is 46.0 Å². The van der Waals surface area contributed by atoms with Crippen molar-refractivity contribution in [3.05, 3.63) is 40.9 Å². The van der Waals surface area contributed by atoms with Crippen LogP contribution < -0.4 is 19.5 Å². The predicted molar refractivity (Wildman–Crippen MR) is 110 cm³/mol. The summed E-state index contributed by atoms with van der Waals surface area (Å²) in [4.78, 5) is 12.2.